The van der Waals surface area contributed by atoms with Crippen molar-refractivity contribution in [2.75, 3.05) is 5.32 Å². The lowest BCUT2D eigenvalue weighted by molar-refractivity contribution is -0.119. The third-order valence-electron chi connectivity index (χ3n) is 5.24. The van der Waals surface area contributed by atoms with Gasteiger partial charge in [0.1, 0.15) is 5.82 Å². The summed E-state index contributed by atoms with van der Waals surface area (Å²) in [6.45, 7) is 0. The Bertz CT molecular complexity index is 1420. The third-order valence-corrected chi connectivity index (χ3v) is 5.24. The van der Waals surface area contributed by atoms with E-state index in [0.29, 0.717) is 16.8 Å². The second-order valence-corrected chi connectivity index (χ2v) is 7.44. The lowest BCUT2D eigenvalue weighted by Crippen LogP contribution is -2.29. The summed E-state index contributed by atoms with van der Waals surface area (Å²) in [6.07, 6.45) is -0.808. The molecule has 0 fully saturated rings. The Balaban J connectivity index is 1.52. The summed E-state index contributed by atoms with van der Waals surface area (Å²) < 4.78 is 18.8. The van der Waals surface area contributed by atoms with Gasteiger partial charge in [0.2, 0.25) is 5.89 Å². The molecule has 1 aliphatic rings. The third kappa shape index (κ3) is 4.12. The topological polar surface area (TPSA) is 104 Å². The molecule has 160 valence electrons. The minimum Gasteiger partial charge on any atom is -0.403 e. The first-order valence-corrected chi connectivity index (χ1v) is 10.2. The number of aliphatic imine (C=N–C) groups is 1. The second-order valence-electron chi connectivity index (χ2n) is 7.44. The van der Waals surface area contributed by atoms with Crippen LogP contribution in [0.4, 0.5) is 10.4 Å². The van der Waals surface area contributed by atoms with E-state index in [0.717, 1.165) is 16.7 Å². The number of nitrogens with one attached hydrogen (secondary N) is 1. The molecule has 0 radical (unpaired) electrons. The molecule has 1 unspecified atom stereocenters. The molecule has 8 heteroatoms. The number of anilines is 1. The SMILES string of the molecule is N#Cc1cccc(C2=NC(Nc3nnc(-c4ccc(F)cc4)o3)C(=O)Cc3ccccc32)c1. The normalized spacial score (nSPS) is 15.2. The van der Waals surface area contributed by atoms with Crippen LogP contribution < -0.4 is 5.32 Å². The number of halogens is 1. The van der Waals surface area contributed by atoms with E-state index in [4.69, 9.17) is 9.41 Å². The molecule has 1 atom stereocenters. The maximum atomic E-state index is 13.2. The number of carbonyl (C=O) groups excluding carboxylic acids is 1. The second kappa shape index (κ2) is 8.48. The van der Waals surface area contributed by atoms with Crippen molar-refractivity contribution in [3.8, 4) is 17.5 Å². The summed E-state index contributed by atoms with van der Waals surface area (Å²) in [5, 5.41) is 20.2. The fourth-order valence-electron chi connectivity index (χ4n) is 3.65. The van der Waals surface area contributed by atoms with Crippen LogP contribution in [0, 0.1) is 17.1 Å². The Morgan fingerprint density at radius 1 is 1.00 bits per heavy atom. The average molecular weight is 437 g/mol. The zero-order chi connectivity index (χ0) is 22.8. The van der Waals surface area contributed by atoms with E-state index in [2.05, 4.69) is 21.6 Å². The van der Waals surface area contributed by atoms with Crippen LogP contribution in [-0.4, -0.2) is 27.9 Å². The molecule has 0 saturated heterocycles. The van der Waals surface area contributed by atoms with Gasteiger partial charge < -0.3 is 9.73 Å². The highest BCUT2D eigenvalue weighted by Gasteiger charge is 2.27. The molecule has 0 amide bonds. The van der Waals surface area contributed by atoms with Crippen molar-refractivity contribution in [1.29, 1.82) is 5.26 Å². The summed E-state index contributed by atoms with van der Waals surface area (Å²) in [5.41, 5.74) is 4.01. The van der Waals surface area contributed by atoms with Gasteiger partial charge in [0.25, 0.3) is 0 Å². The number of fused-ring (bicyclic) bond motifs is 1. The molecule has 0 saturated carbocycles. The molecule has 1 N–H and O–H groups in total. The molecular formula is C25H16FN5O2. The Labute approximate surface area is 188 Å². The van der Waals surface area contributed by atoms with Crippen molar-refractivity contribution >= 4 is 17.5 Å². The van der Waals surface area contributed by atoms with Crippen LogP contribution in [0.15, 0.2) is 82.2 Å². The van der Waals surface area contributed by atoms with Crippen LogP contribution >= 0.6 is 0 Å². The number of hydrogen-bond acceptors (Lipinski definition) is 7. The van der Waals surface area contributed by atoms with E-state index in [1.807, 2.05) is 30.3 Å². The molecule has 7 nitrogen and oxygen atoms in total. The Hall–Kier alpha value is -4.64. The van der Waals surface area contributed by atoms with Crippen LogP contribution in [0.3, 0.4) is 0 Å². The summed E-state index contributed by atoms with van der Waals surface area (Å²) in [4.78, 5) is 17.7. The standard InChI is InChI=1S/C25H16FN5O2/c26-19-10-8-16(9-11-19)24-30-31-25(33-24)29-23-21(32)13-17-5-1-2-7-20(17)22(28-23)18-6-3-4-15(12-18)14-27/h1-12,23H,13H2,(H,29,31). The molecular weight excluding hydrogens is 421 g/mol. The van der Waals surface area contributed by atoms with Gasteiger partial charge in [0.05, 0.1) is 17.3 Å². The predicted octanol–water partition coefficient (Wildman–Crippen LogP) is 4.15. The highest BCUT2D eigenvalue weighted by molar-refractivity contribution is 6.16. The van der Waals surface area contributed by atoms with Gasteiger partial charge in [-0.05, 0) is 42.0 Å². The van der Waals surface area contributed by atoms with Crippen molar-refractivity contribution in [3.63, 3.8) is 0 Å². The van der Waals surface area contributed by atoms with Crippen molar-refractivity contribution < 1.29 is 13.6 Å². The van der Waals surface area contributed by atoms with E-state index in [1.54, 1.807) is 18.2 Å². The highest BCUT2D eigenvalue weighted by atomic mass is 19.1. The molecule has 1 aliphatic heterocycles. The fraction of sp³-hybridized carbons (Fsp3) is 0.0800. The minimum atomic E-state index is -0.973. The number of nitriles is 1. The van der Waals surface area contributed by atoms with Gasteiger partial charge in [-0.2, -0.15) is 5.26 Å². The number of rotatable bonds is 4. The van der Waals surface area contributed by atoms with Crippen LogP contribution in [0.25, 0.3) is 11.5 Å². The first-order chi connectivity index (χ1) is 16.1. The molecule has 0 aliphatic carbocycles. The lowest BCUT2D eigenvalue weighted by Gasteiger charge is -2.12. The predicted molar refractivity (Wildman–Crippen MR) is 119 cm³/mol. The summed E-state index contributed by atoms with van der Waals surface area (Å²) in [5.74, 6) is -0.356. The van der Waals surface area contributed by atoms with E-state index in [-0.39, 0.29) is 29.9 Å². The van der Waals surface area contributed by atoms with E-state index in [9.17, 15) is 14.4 Å². The largest absolute Gasteiger partial charge is 0.403 e. The Morgan fingerprint density at radius 3 is 2.64 bits per heavy atom. The van der Waals surface area contributed by atoms with Gasteiger partial charge in [-0.25, -0.2) is 4.39 Å². The van der Waals surface area contributed by atoms with Crippen molar-refractivity contribution in [2.24, 2.45) is 4.99 Å². The number of ketones is 1. The smallest absolute Gasteiger partial charge is 0.317 e. The van der Waals surface area contributed by atoms with Crippen LogP contribution in [0.5, 0.6) is 0 Å². The zero-order valence-corrected chi connectivity index (χ0v) is 17.2. The molecule has 1 aromatic heterocycles. The van der Waals surface area contributed by atoms with Crippen LogP contribution in [-0.2, 0) is 11.2 Å². The van der Waals surface area contributed by atoms with Gasteiger partial charge in [-0.1, -0.05) is 41.5 Å². The number of carbonyl (C=O) groups is 1. The number of Topliss-reactive ketones (excluding diaryl/α,β-unsaturated/α-hetero) is 1. The first-order valence-electron chi connectivity index (χ1n) is 10.2. The molecule has 2 heterocycles. The van der Waals surface area contributed by atoms with Crippen LogP contribution in [0.1, 0.15) is 22.3 Å². The fourth-order valence-corrected chi connectivity index (χ4v) is 3.65. The van der Waals surface area contributed by atoms with E-state index < -0.39 is 6.17 Å². The minimum absolute atomic E-state index is 0.0208. The van der Waals surface area contributed by atoms with Gasteiger partial charge in [-0.3, -0.25) is 9.79 Å². The van der Waals surface area contributed by atoms with Crippen molar-refractivity contribution in [2.45, 2.75) is 12.6 Å². The number of aromatic nitrogens is 2. The number of benzene rings is 3. The summed E-state index contributed by atoms with van der Waals surface area (Å²) >= 11 is 0. The Kier molecular flexibility index (Phi) is 5.21. The Morgan fingerprint density at radius 2 is 1.82 bits per heavy atom. The maximum Gasteiger partial charge on any atom is 0.317 e. The van der Waals surface area contributed by atoms with Gasteiger partial charge >= 0.3 is 6.01 Å². The quantitative estimate of drug-likeness (QED) is 0.514. The van der Waals surface area contributed by atoms with E-state index >= 15 is 0 Å². The van der Waals surface area contributed by atoms with E-state index in [1.165, 1.54) is 24.3 Å². The zero-order valence-electron chi connectivity index (χ0n) is 17.2. The van der Waals surface area contributed by atoms with Gasteiger partial charge in [0.15, 0.2) is 11.9 Å². The molecule has 33 heavy (non-hydrogen) atoms. The molecule has 4 aromatic rings. The maximum absolute atomic E-state index is 13.2. The summed E-state index contributed by atoms with van der Waals surface area (Å²) in [6, 6.07) is 22.4. The number of nitrogens with zero attached hydrogens (tertiary/aromatic N) is 4. The summed E-state index contributed by atoms with van der Waals surface area (Å²) in [7, 11) is 0. The molecule has 3 aromatic carbocycles. The van der Waals surface area contributed by atoms with Gasteiger partial charge in [0, 0.05) is 23.1 Å². The molecule has 5 rings (SSSR count). The molecule has 0 bridgehead atoms. The number of hydrogen-bond donors (Lipinski definition) is 1. The monoisotopic (exact) mass is 437 g/mol. The average Bonchev–Trinajstić information content (AvgIpc) is 3.25. The lowest BCUT2D eigenvalue weighted by atomic mass is 9.95. The highest BCUT2D eigenvalue weighted by Crippen LogP contribution is 2.24. The van der Waals surface area contributed by atoms with Crippen LogP contribution in [0.2, 0.25) is 0 Å². The first kappa shape index (κ1) is 20.3. The van der Waals surface area contributed by atoms with Gasteiger partial charge in [-0.15, -0.1) is 5.10 Å². The van der Waals surface area contributed by atoms with Crippen molar-refractivity contribution in [3.05, 3.63) is 101 Å². The molecule has 0 spiro atoms. The van der Waals surface area contributed by atoms with Crippen molar-refractivity contribution in [1.82, 2.24) is 10.2 Å².